The fourth-order valence-electron chi connectivity index (χ4n) is 4.45. The number of benzene rings is 3. The molecule has 0 saturated carbocycles. The van der Waals surface area contributed by atoms with Crippen LogP contribution < -0.4 is 9.80 Å². The Hall–Kier alpha value is -2.53. The third kappa shape index (κ3) is 3.88. The molecule has 0 aromatic heterocycles. The Bertz CT molecular complexity index is 1100. The molecule has 1 fully saturated rings. The van der Waals surface area contributed by atoms with E-state index in [0.29, 0.717) is 33.4 Å². The summed E-state index contributed by atoms with van der Waals surface area (Å²) in [5.74, 6) is 0. The van der Waals surface area contributed by atoms with Crippen LogP contribution in [0, 0.1) is 0 Å². The zero-order valence-corrected chi connectivity index (χ0v) is 19.6. The van der Waals surface area contributed by atoms with Crippen LogP contribution in [0.15, 0.2) is 72.8 Å². The summed E-state index contributed by atoms with van der Waals surface area (Å²) in [6.07, 6.45) is 2.25. The smallest absolute Gasteiger partial charge is 0.332 e. The normalized spacial score (nSPS) is 20.8. The molecule has 1 aliphatic heterocycles. The number of rotatable bonds is 6. The van der Waals surface area contributed by atoms with Crippen LogP contribution in [0.5, 0.6) is 0 Å². The number of aryl methyl sites for hydroxylation is 1. The van der Waals surface area contributed by atoms with Crippen molar-refractivity contribution in [2.45, 2.75) is 44.9 Å². The molecule has 32 heavy (non-hydrogen) atoms. The van der Waals surface area contributed by atoms with Gasteiger partial charge in [-0.15, -0.1) is 0 Å². The molecule has 6 heteroatoms. The molecule has 1 heterocycles. The maximum absolute atomic E-state index is 13.9. The number of amides is 2. The van der Waals surface area contributed by atoms with Crippen molar-refractivity contribution in [3.8, 4) is 0 Å². The third-order valence-corrected chi connectivity index (χ3v) is 6.53. The van der Waals surface area contributed by atoms with Gasteiger partial charge in [-0.3, -0.25) is 9.80 Å². The summed E-state index contributed by atoms with van der Waals surface area (Å²) < 4.78 is 0. The van der Waals surface area contributed by atoms with E-state index >= 15 is 0 Å². The molecule has 1 saturated heterocycles. The van der Waals surface area contributed by atoms with E-state index in [-0.39, 0.29) is 6.03 Å². The van der Waals surface area contributed by atoms with Crippen LogP contribution >= 0.6 is 23.2 Å². The molecule has 1 N–H and O–H groups in total. The molecule has 2 atom stereocenters. The molecule has 1 unspecified atom stereocenters. The molecular weight excluding hydrogens is 443 g/mol. The molecule has 4 nitrogen and oxygen atoms in total. The van der Waals surface area contributed by atoms with Crippen molar-refractivity contribution in [1.29, 1.82) is 0 Å². The molecule has 3 aromatic carbocycles. The summed E-state index contributed by atoms with van der Waals surface area (Å²) in [4.78, 5) is 17.1. The van der Waals surface area contributed by atoms with Gasteiger partial charge in [0.1, 0.15) is 0 Å². The minimum Gasteiger partial charge on any atom is -0.365 e. The van der Waals surface area contributed by atoms with Gasteiger partial charge in [-0.05, 0) is 66.9 Å². The SMILES string of the molecule is CCC[C@@H]1N(c2ccc(Cl)cc2)C(=O)N(c2ccc(Cl)cc2)C1(O)c1cccc(CC)c1. The number of anilines is 2. The number of hydrogen-bond donors (Lipinski definition) is 1. The van der Waals surface area contributed by atoms with Crippen molar-refractivity contribution in [1.82, 2.24) is 0 Å². The zero-order chi connectivity index (χ0) is 22.9. The molecule has 2 amide bonds. The van der Waals surface area contributed by atoms with Gasteiger partial charge in [-0.1, -0.05) is 67.7 Å². The standard InChI is InChI=1S/C26H26Cl2N2O2/c1-3-6-24-26(32,19-8-5-7-18(4-2)17-19)30(23-15-11-21(28)12-16-23)25(31)29(24)22-13-9-20(27)10-14-22/h5,7-17,24,32H,3-4,6H2,1-2H3/t24-,26?/m0/s1. The zero-order valence-electron chi connectivity index (χ0n) is 18.1. The van der Waals surface area contributed by atoms with E-state index in [1.165, 1.54) is 4.90 Å². The lowest BCUT2D eigenvalue weighted by Crippen LogP contribution is -2.49. The second-order valence-electron chi connectivity index (χ2n) is 8.03. The van der Waals surface area contributed by atoms with E-state index in [9.17, 15) is 9.90 Å². The van der Waals surface area contributed by atoms with Gasteiger partial charge in [0.25, 0.3) is 0 Å². The first-order chi connectivity index (χ1) is 15.4. The van der Waals surface area contributed by atoms with E-state index in [4.69, 9.17) is 23.2 Å². The predicted molar refractivity (Wildman–Crippen MR) is 132 cm³/mol. The number of carbonyl (C=O) groups excluding carboxylic acids is 1. The Morgan fingerprint density at radius 3 is 2.06 bits per heavy atom. The summed E-state index contributed by atoms with van der Waals surface area (Å²) in [5.41, 5.74) is 1.50. The van der Waals surface area contributed by atoms with Crippen LogP contribution in [0.4, 0.5) is 16.2 Å². The van der Waals surface area contributed by atoms with E-state index in [0.717, 1.165) is 18.4 Å². The third-order valence-electron chi connectivity index (χ3n) is 6.03. The Morgan fingerprint density at radius 1 is 0.906 bits per heavy atom. The van der Waals surface area contributed by atoms with Gasteiger partial charge in [0, 0.05) is 27.0 Å². The molecule has 4 rings (SSSR count). The highest BCUT2D eigenvalue weighted by Gasteiger charge is 2.58. The lowest BCUT2D eigenvalue weighted by Gasteiger charge is -2.37. The maximum Gasteiger partial charge on any atom is 0.332 e. The Balaban J connectivity index is 1.94. The molecule has 166 valence electrons. The van der Waals surface area contributed by atoms with Gasteiger partial charge >= 0.3 is 6.03 Å². The fourth-order valence-corrected chi connectivity index (χ4v) is 4.70. The summed E-state index contributed by atoms with van der Waals surface area (Å²) in [5, 5.41) is 13.6. The number of urea groups is 1. The monoisotopic (exact) mass is 468 g/mol. The van der Waals surface area contributed by atoms with Crippen molar-refractivity contribution >= 4 is 40.6 Å². The van der Waals surface area contributed by atoms with Crippen molar-refractivity contribution < 1.29 is 9.90 Å². The second-order valence-corrected chi connectivity index (χ2v) is 8.90. The molecule has 0 spiro atoms. The maximum atomic E-state index is 13.9. The van der Waals surface area contributed by atoms with E-state index in [2.05, 4.69) is 13.8 Å². The van der Waals surface area contributed by atoms with Gasteiger partial charge in [0.05, 0.1) is 6.04 Å². The van der Waals surface area contributed by atoms with Crippen LogP contribution in [-0.2, 0) is 12.1 Å². The first-order valence-corrected chi connectivity index (χ1v) is 11.6. The Labute approximate surface area is 199 Å². The van der Waals surface area contributed by atoms with Gasteiger partial charge in [-0.25, -0.2) is 4.79 Å². The van der Waals surface area contributed by atoms with Gasteiger partial charge in [-0.2, -0.15) is 0 Å². The van der Waals surface area contributed by atoms with Crippen LogP contribution in [0.1, 0.15) is 37.8 Å². The van der Waals surface area contributed by atoms with Crippen LogP contribution in [-0.4, -0.2) is 17.2 Å². The summed E-state index contributed by atoms with van der Waals surface area (Å²) in [6, 6.07) is 21.2. The van der Waals surface area contributed by atoms with Crippen LogP contribution in [0.3, 0.4) is 0 Å². The molecule has 3 aromatic rings. The minimum atomic E-state index is -1.56. The largest absolute Gasteiger partial charge is 0.365 e. The van der Waals surface area contributed by atoms with E-state index in [1.807, 2.05) is 36.4 Å². The van der Waals surface area contributed by atoms with Gasteiger partial charge in [0.2, 0.25) is 0 Å². The van der Waals surface area contributed by atoms with Gasteiger partial charge in [0.15, 0.2) is 5.72 Å². The Kier molecular flexibility index (Phi) is 6.47. The van der Waals surface area contributed by atoms with E-state index < -0.39 is 11.8 Å². The number of nitrogens with zero attached hydrogens (tertiary/aromatic N) is 2. The highest BCUT2D eigenvalue weighted by atomic mass is 35.5. The minimum absolute atomic E-state index is 0.294. The average molecular weight is 469 g/mol. The summed E-state index contributed by atoms with van der Waals surface area (Å²) >= 11 is 12.2. The average Bonchev–Trinajstić information content (AvgIpc) is 3.03. The Morgan fingerprint density at radius 2 is 1.50 bits per heavy atom. The van der Waals surface area contributed by atoms with Crippen molar-refractivity contribution in [3.63, 3.8) is 0 Å². The lowest BCUT2D eigenvalue weighted by atomic mass is 9.89. The molecule has 0 aliphatic carbocycles. The number of carbonyl (C=O) groups is 1. The number of hydrogen-bond acceptors (Lipinski definition) is 2. The van der Waals surface area contributed by atoms with Crippen molar-refractivity contribution in [3.05, 3.63) is 94.0 Å². The van der Waals surface area contributed by atoms with E-state index in [1.54, 1.807) is 41.3 Å². The van der Waals surface area contributed by atoms with Gasteiger partial charge < -0.3 is 5.11 Å². The topological polar surface area (TPSA) is 43.8 Å². The molecule has 0 bridgehead atoms. The molecular formula is C26H26Cl2N2O2. The van der Waals surface area contributed by atoms with Crippen LogP contribution in [0.25, 0.3) is 0 Å². The number of aliphatic hydroxyl groups is 1. The first kappa shape index (κ1) is 22.7. The number of halogens is 2. The highest BCUT2D eigenvalue weighted by molar-refractivity contribution is 6.31. The highest BCUT2D eigenvalue weighted by Crippen LogP contribution is 2.46. The molecule has 1 aliphatic rings. The second kappa shape index (κ2) is 9.14. The van der Waals surface area contributed by atoms with Crippen molar-refractivity contribution in [2.24, 2.45) is 0 Å². The molecule has 0 radical (unpaired) electrons. The summed E-state index contributed by atoms with van der Waals surface area (Å²) in [7, 11) is 0. The summed E-state index contributed by atoms with van der Waals surface area (Å²) in [6.45, 7) is 4.13. The fraction of sp³-hybridized carbons (Fsp3) is 0.269. The predicted octanol–water partition coefficient (Wildman–Crippen LogP) is 7.02. The van der Waals surface area contributed by atoms with Crippen LogP contribution in [0.2, 0.25) is 10.0 Å². The van der Waals surface area contributed by atoms with Crippen molar-refractivity contribution in [2.75, 3.05) is 9.80 Å². The lowest BCUT2D eigenvalue weighted by molar-refractivity contribution is 0.0289. The quantitative estimate of drug-likeness (QED) is 0.422. The first-order valence-electron chi connectivity index (χ1n) is 10.9.